The van der Waals surface area contributed by atoms with E-state index < -0.39 is 28.9 Å². The Morgan fingerprint density at radius 2 is 1.68 bits per heavy atom. The third-order valence-electron chi connectivity index (χ3n) is 2.31. The topological polar surface area (TPSA) is 95.5 Å². The maximum Gasteiger partial charge on any atom is 0.322 e. The van der Waals surface area contributed by atoms with Gasteiger partial charge in [0.1, 0.15) is 0 Å². The number of hydrogen-bond donors (Lipinski definition) is 3. The van der Waals surface area contributed by atoms with Gasteiger partial charge in [-0.3, -0.25) is 14.9 Å². The summed E-state index contributed by atoms with van der Waals surface area (Å²) in [5.74, 6) is 0.824. The summed E-state index contributed by atoms with van der Waals surface area (Å²) in [5, 5.41) is 13.3. The van der Waals surface area contributed by atoms with Gasteiger partial charge >= 0.3 is 12.0 Å². The Balaban J connectivity index is 4.37. The lowest BCUT2D eigenvalue weighted by Crippen LogP contribution is -2.49. The minimum atomic E-state index is -0.990. The number of carboxylic acids is 1. The minimum absolute atomic E-state index is 0.0663. The molecule has 0 atom stereocenters. The first-order valence-corrected chi connectivity index (χ1v) is 5.79. The van der Waals surface area contributed by atoms with E-state index in [9.17, 15) is 14.4 Å². The number of urea groups is 1. The molecule has 6 heteroatoms. The van der Waals surface area contributed by atoms with Gasteiger partial charge < -0.3 is 10.4 Å². The van der Waals surface area contributed by atoms with Gasteiger partial charge in [0.05, 0.1) is 12.0 Å². The Morgan fingerprint density at radius 1 is 1.16 bits per heavy atom. The smallest absolute Gasteiger partial charge is 0.322 e. The van der Waals surface area contributed by atoms with Crippen molar-refractivity contribution in [1.29, 1.82) is 0 Å². The molecule has 106 valence electrons. The third-order valence-corrected chi connectivity index (χ3v) is 2.31. The molecule has 6 nitrogen and oxygen atoms in total. The van der Waals surface area contributed by atoms with Gasteiger partial charge in [0.15, 0.2) is 0 Å². The second kappa shape index (κ2) is 6.23. The van der Waals surface area contributed by atoms with Gasteiger partial charge in [-0.1, -0.05) is 19.8 Å². The second-order valence-electron chi connectivity index (χ2n) is 5.68. The fraction of sp³-hybridized carbons (Fsp3) is 0.615. The Kier molecular flexibility index (Phi) is 5.56. The van der Waals surface area contributed by atoms with Crippen molar-refractivity contribution in [3.8, 4) is 12.3 Å². The average molecular weight is 268 g/mol. The molecule has 0 aliphatic heterocycles. The molecule has 0 radical (unpaired) electrons. The lowest BCUT2D eigenvalue weighted by molar-refractivity contribution is -0.139. The quantitative estimate of drug-likeness (QED) is 0.651. The van der Waals surface area contributed by atoms with Crippen LogP contribution in [0.25, 0.3) is 0 Å². The van der Waals surface area contributed by atoms with Gasteiger partial charge in [-0.15, -0.1) is 6.42 Å². The van der Waals surface area contributed by atoms with Crippen LogP contribution in [0, 0.1) is 17.8 Å². The number of carbonyl (C=O) groups is 3. The highest BCUT2D eigenvalue weighted by Gasteiger charge is 2.26. The minimum Gasteiger partial charge on any atom is -0.481 e. The first kappa shape index (κ1) is 17.0. The predicted molar refractivity (Wildman–Crippen MR) is 70.2 cm³/mol. The molecule has 0 spiro atoms. The monoisotopic (exact) mass is 268 g/mol. The first-order chi connectivity index (χ1) is 8.47. The number of nitrogens with one attached hydrogen (secondary N) is 2. The molecule has 0 rings (SSSR count). The van der Waals surface area contributed by atoms with E-state index in [2.05, 4.69) is 16.6 Å². The lowest BCUT2D eigenvalue weighted by Gasteiger charge is -2.23. The maximum absolute atomic E-state index is 11.6. The van der Waals surface area contributed by atoms with Crippen molar-refractivity contribution < 1.29 is 19.5 Å². The fourth-order valence-corrected chi connectivity index (χ4v) is 1.43. The lowest BCUT2D eigenvalue weighted by atomic mass is 9.85. The molecule has 3 amide bonds. The third kappa shape index (κ3) is 7.82. The zero-order chi connectivity index (χ0) is 15.3. The molecule has 0 heterocycles. The number of amides is 3. The highest BCUT2D eigenvalue weighted by Crippen LogP contribution is 2.24. The SMILES string of the molecule is C#CC(C)(C)NC(=O)NC(=O)CC(C)(C)CC(=O)O. The molecule has 0 saturated carbocycles. The van der Waals surface area contributed by atoms with Crippen molar-refractivity contribution in [3.63, 3.8) is 0 Å². The van der Waals surface area contributed by atoms with Gasteiger partial charge in [0.2, 0.25) is 5.91 Å². The van der Waals surface area contributed by atoms with E-state index >= 15 is 0 Å². The zero-order valence-corrected chi connectivity index (χ0v) is 11.7. The van der Waals surface area contributed by atoms with Crippen LogP contribution in [0.15, 0.2) is 0 Å². The number of imide groups is 1. The summed E-state index contributed by atoms with van der Waals surface area (Å²) in [6.07, 6.45) is 4.98. The molecular weight excluding hydrogens is 248 g/mol. The van der Waals surface area contributed by atoms with Crippen LogP contribution in [0.1, 0.15) is 40.5 Å². The van der Waals surface area contributed by atoms with E-state index in [0.717, 1.165) is 0 Å². The van der Waals surface area contributed by atoms with E-state index in [4.69, 9.17) is 11.5 Å². The summed E-state index contributed by atoms with van der Waals surface area (Å²) >= 11 is 0. The van der Waals surface area contributed by atoms with Gasteiger partial charge in [-0.05, 0) is 19.3 Å². The molecule has 0 aromatic rings. The number of carboxylic acid groups (broad SMARTS) is 1. The maximum atomic E-state index is 11.6. The van der Waals surface area contributed by atoms with Crippen LogP contribution < -0.4 is 10.6 Å². The van der Waals surface area contributed by atoms with Gasteiger partial charge in [0, 0.05) is 6.42 Å². The summed E-state index contributed by atoms with van der Waals surface area (Å²) in [6.45, 7) is 6.52. The molecule has 0 aromatic carbocycles. The first-order valence-electron chi connectivity index (χ1n) is 5.79. The Labute approximate surface area is 112 Å². The fourth-order valence-electron chi connectivity index (χ4n) is 1.43. The summed E-state index contributed by atoms with van der Waals surface area (Å²) < 4.78 is 0. The Morgan fingerprint density at radius 3 is 2.11 bits per heavy atom. The number of carbonyl (C=O) groups excluding carboxylic acids is 2. The number of terminal acetylenes is 1. The van der Waals surface area contributed by atoms with Crippen LogP contribution in [0.2, 0.25) is 0 Å². The predicted octanol–water partition coefficient (Wildman–Crippen LogP) is 1.11. The molecule has 0 unspecified atom stereocenters. The Bertz CT molecular complexity index is 419. The van der Waals surface area contributed by atoms with Gasteiger partial charge in [-0.25, -0.2) is 4.79 Å². The summed E-state index contributed by atoms with van der Waals surface area (Å²) in [5.41, 5.74) is -1.58. The van der Waals surface area contributed by atoms with E-state index in [-0.39, 0.29) is 12.8 Å². The molecule has 0 aromatic heterocycles. The van der Waals surface area contributed by atoms with Crippen LogP contribution in [-0.4, -0.2) is 28.6 Å². The second-order valence-corrected chi connectivity index (χ2v) is 5.68. The van der Waals surface area contributed by atoms with Crippen LogP contribution in [-0.2, 0) is 9.59 Å². The van der Waals surface area contributed by atoms with E-state index in [0.29, 0.717) is 0 Å². The zero-order valence-electron chi connectivity index (χ0n) is 11.7. The standard InChI is InChI=1S/C13H20N2O4/c1-6-13(4,5)15-11(19)14-9(16)7-12(2,3)8-10(17)18/h1H,7-8H2,2-5H3,(H,17,18)(H2,14,15,16,19). The number of aliphatic carboxylic acids is 1. The van der Waals surface area contributed by atoms with Crippen LogP contribution >= 0.6 is 0 Å². The summed E-state index contributed by atoms with van der Waals surface area (Å²) in [7, 11) is 0. The van der Waals surface area contributed by atoms with Crippen molar-refractivity contribution in [2.45, 2.75) is 46.1 Å². The highest BCUT2D eigenvalue weighted by molar-refractivity contribution is 5.95. The molecule has 0 bridgehead atoms. The summed E-state index contributed by atoms with van der Waals surface area (Å²) in [6, 6.07) is -0.695. The van der Waals surface area contributed by atoms with E-state index in [1.165, 1.54) is 0 Å². The molecule has 19 heavy (non-hydrogen) atoms. The van der Waals surface area contributed by atoms with Crippen molar-refractivity contribution in [2.75, 3.05) is 0 Å². The van der Waals surface area contributed by atoms with Crippen LogP contribution in [0.5, 0.6) is 0 Å². The van der Waals surface area contributed by atoms with Crippen molar-refractivity contribution >= 4 is 17.9 Å². The van der Waals surface area contributed by atoms with Gasteiger partial charge in [0.25, 0.3) is 0 Å². The number of hydrogen-bond acceptors (Lipinski definition) is 3. The summed E-state index contributed by atoms with van der Waals surface area (Å²) in [4.78, 5) is 33.7. The largest absolute Gasteiger partial charge is 0.481 e. The van der Waals surface area contributed by atoms with Crippen LogP contribution in [0.4, 0.5) is 4.79 Å². The molecule has 0 aliphatic carbocycles. The van der Waals surface area contributed by atoms with Crippen molar-refractivity contribution in [3.05, 3.63) is 0 Å². The van der Waals surface area contributed by atoms with Gasteiger partial charge in [-0.2, -0.15) is 0 Å². The Hall–Kier alpha value is -2.03. The van der Waals surface area contributed by atoms with Crippen LogP contribution in [0.3, 0.4) is 0 Å². The molecule has 0 saturated heterocycles. The molecule has 3 N–H and O–H groups in total. The van der Waals surface area contributed by atoms with E-state index in [1.54, 1.807) is 27.7 Å². The molecular formula is C13H20N2O4. The van der Waals surface area contributed by atoms with Crippen molar-refractivity contribution in [2.24, 2.45) is 5.41 Å². The normalized spacial score (nSPS) is 11.3. The van der Waals surface area contributed by atoms with E-state index in [1.807, 2.05) is 0 Å². The highest BCUT2D eigenvalue weighted by atomic mass is 16.4. The number of rotatable bonds is 5. The molecule has 0 aliphatic rings. The van der Waals surface area contributed by atoms with Crippen molar-refractivity contribution in [1.82, 2.24) is 10.6 Å². The molecule has 0 fully saturated rings. The average Bonchev–Trinajstić information content (AvgIpc) is 2.12.